The van der Waals surface area contributed by atoms with E-state index < -0.39 is 0 Å². The van der Waals surface area contributed by atoms with Gasteiger partial charge >= 0.3 is 0 Å². The van der Waals surface area contributed by atoms with Crippen molar-refractivity contribution >= 4 is 28.7 Å². The average molecular weight is 431 g/mol. The predicted molar refractivity (Wildman–Crippen MR) is 117 cm³/mol. The largest absolute Gasteiger partial charge is 0.494 e. The van der Waals surface area contributed by atoms with Gasteiger partial charge in [0.25, 0.3) is 5.56 Å². The van der Waals surface area contributed by atoms with E-state index in [1.54, 1.807) is 23.1 Å². The van der Waals surface area contributed by atoms with Crippen LogP contribution in [0.4, 0.5) is 5.95 Å². The van der Waals surface area contributed by atoms with Crippen molar-refractivity contribution in [2.24, 2.45) is 0 Å². The van der Waals surface area contributed by atoms with Crippen LogP contribution >= 0.6 is 0 Å². The van der Waals surface area contributed by atoms with Crippen molar-refractivity contribution in [2.45, 2.75) is 52.0 Å². The van der Waals surface area contributed by atoms with Gasteiger partial charge in [-0.1, -0.05) is 26.2 Å². The number of rotatable bonds is 12. The summed E-state index contributed by atoms with van der Waals surface area (Å²) in [5, 5.41) is 12.2. The van der Waals surface area contributed by atoms with Crippen molar-refractivity contribution in [3.63, 3.8) is 0 Å². The molecule has 0 aliphatic carbocycles. The first-order valence-electron chi connectivity index (χ1n) is 10.9. The lowest BCUT2D eigenvalue weighted by Gasteiger charge is -2.21. The van der Waals surface area contributed by atoms with E-state index in [1.807, 2.05) is 0 Å². The molecule has 2 amide bonds. The summed E-state index contributed by atoms with van der Waals surface area (Å²) >= 11 is 0. The second kappa shape index (κ2) is 10.9. The molecule has 31 heavy (non-hydrogen) atoms. The first-order valence-corrected chi connectivity index (χ1v) is 10.9. The number of hydrogen-bond acceptors (Lipinski definition) is 6. The molecule has 9 nitrogen and oxygen atoms in total. The van der Waals surface area contributed by atoms with Gasteiger partial charge in [0.05, 0.1) is 24.1 Å². The fraction of sp³-hybridized carbons (Fsp3) is 0.545. The highest BCUT2D eigenvalue weighted by molar-refractivity contribution is 5.94. The summed E-state index contributed by atoms with van der Waals surface area (Å²) < 4.78 is 7.04. The van der Waals surface area contributed by atoms with E-state index in [0.29, 0.717) is 49.2 Å². The molecule has 9 heteroatoms. The molecular formula is C22H30N4O5. The van der Waals surface area contributed by atoms with Crippen molar-refractivity contribution in [1.29, 1.82) is 0 Å². The molecule has 0 spiro atoms. The van der Waals surface area contributed by atoms with Crippen LogP contribution in [0.2, 0.25) is 0 Å². The smallest absolute Gasteiger partial charge is 0.263 e. The third-order valence-corrected chi connectivity index (χ3v) is 5.29. The molecule has 3 rings (SSSR count). The van der Waals surface area contributed by atoms with Crippen LogP contribution < -0.4 is 15.6 Å². The molecule has 168 valence electrons. The van der Waals surface area contributed by atoms with E-state index >= 15 is 0 Å². The lowest BCUT2D eigenvalue weighted by atomic mass is 10.2. The number of benzene rings is 1. The number of anilines is 1. The summed E-state index contributed by atoms with van der Waals surface area (Å²) in [4.78, 5) is 42.6. The molecule has 1 aromatic carbocycles. The maximum absolute atomic E-state index is 12.6. The number of ether oxygens (including phenoxy) is 1. The Balaban J connectivity index is 1.52. The monoisotopic (exact) mass is 430 g/mol. The first-order chi connectivity index (χ1) is 15.0. The van der Waals surface area contributed by atoms with Gasteiger partial charge in [-0.2, -0.15) is 0 Å². The van der Waals surface area contributed by atoms with Gasteiger partial charge in [0.2, 0.25) is 17.8 Å². The Morgan fingerprint density at radius 2 is 2.06 bits per heavy atom. The maximum Gasteiger partial charge on any atom is 0.263 e. The molecule has 2 N–H and O–H groups in total. The molecule has 0 radical (unpaired) electrons. The number of aliphatic hydroxyl groups is 1. The fourth-order valence-corrected chi connectivity index (χ4v) is 3.62. The number of fused-ring (bicyclic) bond motifs is 2. The Morgan fingerprint density at radius 1 is 1.23 bits per heavy atom. The van der Waals surface area contributed by atoms with Gasteiger partial charge < -0.3 is 14.7 Å². The molecule has 0 saturated carbocycles. The SMILES string of the molecule is CCCCCCN(CCO)C(=O)CCCOc1ccc2nc3n(c(=O)c2c1)CC(=O)N3. The van der Waals surface area contributed by atoms with Gasteiger partial charge in [-0.05, 0) is 31.0 Å². The number of nitrogens with zero attached hydrogens (tertiary/aromatic N) is 3. The Labute approximate surface area is 181 Å². The summed E-state index contributed by atoms with van der Waals surface area (Å²) in [6.45, 7) is 3.43. The molecule has 1 aliphatic heterocycles. The topological polar surface area (TPSA) is 114 Å². The van der Waals surface area contributed by atoms with E-state index in [0.717, 1.165) is 25.7 Å². The van der Waals surface area contributed by atoms with Gasteiger partial charge in [-0.15, -0.1) is 0 Å². The Kier molecular flexibility index (Phi) is 8.00. The van der Waals surface area contributed by atoms with E-state index in [2.05, 4.69) is 17.2 Å². The Morgan fingerprint density at radius 3 is 2.84 bits per heavy atom. The number of aromatic nitrogens is 2. The molecule has 0 saturated heterocycles. The number of nitrogens with one attached hydrogen (secondary N) is 1. The second-order valence-electron chi connectivity index (χ2n) is 7.67. The van der Waals surface area contributed by atoms with Gasteiger partial charge in [0, 0.05) is 19.5 Å². The minimum atomic E-state index is -0.290. The van der Waals surface area contributed by atoms with Crippen molar-refractivity contribution in [3.05, 3.63) is 28.6 Å². The van der Waals surface area contributed by atoms with Gasteiger partial charge in [-0.3, -0.25) is 24.3 Å². The van der Waals surface area contributed by atoms with Crippen LogP contribution in [-0.2, 0) is 16.1 Å². The van der Waals surface area contributed by atoms with E-state index in [9.17, 15) is 19.5 Å². The fourth-order valence-electron chi connectivity index (χ4n) is 3.62. The predicted octanol–water partition coefficient (Wildman–Crippen LogP) is 1.91. The van der Waals surface area contributed by atoms with Crippen LogP contribution in [0, 0.1) is 0 Å². The van der Waals surface area contributed by atoms with E-state index in [-0.39, 0.29) is 36.5 Å². The van der Waals surface area contributed by atoms with Crippen molar-refractivity contribution in [1.82, 2.24) is 14.5 Å². The van der Waals surface area contributed by atoms with Crippen LogP contribution in [0.1, 0.15) is 45.4 Å². The van der Waals surface area contributed by atoms with Crippen LogP contribution in [0.3, 0.4) is 0 Å². The Hall–Kier alpha value is -2.94. The van der Waals surface area contributed by atoms with E-state index in [4.69, 9.17) is 4.74 Å². The van der Waals surface area contributed by atoms with Gasteiger partial charge in [0.1, 0.15) is 12.3 Å². The summed E-state index contributed by atoms with van der Waals surface area (Å²) in [6.07, 6.45) is 5.19. The van der Waals surface area contributed by atoms with Crippen LogP contribution in [-0.4, -0.2) is 57.7 Å². The molecule has 0 fully saturated rings. The molecule has 2 aromatic rings. The molecule has 1 aromatic heterocycles. The van der Waals surface area contributed by atoms with E-state index in [1.165, 1.54) is 4.57 Å². The number of hydrogen-bond donors (Lipinski definition) is 2. The van der Waals surface area contributed by atoms with Crippen LogP contribution in [0.5, 0.6) is 5.75 Å². The zero-order valence-electron chi connectivity index (χ0n) is 17.9. The Bertz CT molecular complexity index is 988. The normalized spacial score (nSPS) is 12.6. The molecule has 0 atom stereocenters. The molecule has 0 unspecified atom stereocenters. The summed E-state index contributed by atoms with van der Waals surface area (Å²) in [5.74, 6) is 0.532. The molecular weight excluding hydrogens is 400 g/mol. The first kappa shape index (κ1) is 22.7. The van der Waals surface area contributed by atoms with Crippen LogP contribution in [0.25, 0.3) is 10.9 Å². The third kappa shape index (κ3) is 5.81. The lowest BCUT2D eigenvalue weighted by Crippen LogP contribution is -2.34. The summed E-state index contributed by atoms with van der Waals surface area (Å²) in [5.41, 5.74) is 0.199. The van der Waals surface area contributed by atoms with Crippen molar-refractivity contribution in [2.75, 3.05) is 31.6 Å². The number of aliphatic hydroxyl groups excluding tert-OH is 1. The summed E-state index contributed by atoms with van der Waals surface area (Å²) in [7, 11) is 0. The molecule has 2 heterocycles. The summed E-state index contributed by atoms with van der Waals surface area (Å²) in [6, 6.07) is 5.02. The zero-order valence-corrected chi connectivity index (χ0v) is 17.9. The highest BCUT2D eigenvalue weighted by atomic mass is 16.5. The molecule has 0 bridgehead atoms. The number of unbranched alkanes of at least 4 members (excludes halogenated alkanes) is 3. The minimum Gasteiger partial charge on any atom is -0.494 e. The highest BCUT2D eigenvalue weighted by Crippen LogP contribution is 2.20. The van der Waals surface area contributed by atoms with Crippen molar-refractivity contribution in [3.8, 4) is 5.75 Å². The third-order valence-electron chi connectivity index (χ3n) is 5.29. The standard InChI is InChI=1S/C22H30N4O5/c1-2-3-4-5-10-25(11-12-27)20(29)7-6-13-31-16-8-9-18-17(14-16)21(30)26-15-19(28)24-22(26)23-18/h8-9,14,27H,2-7,10-13,15H2,1H3,(H,23,24,28). The van der Waals surface area contributed by atoms with Gasteiger partial charge in [0.15, 0.2) is 0 Å². The van der Waals surface area contributed by atoms with Crippen molar-refractivity contribution < 1.29 is 19.4 Å². The number of amides is 2. The average Bonchev–Trinajstić information content (AvgIpc) is 3.14. The minimum absolute atomic E-state index is 0.0165. The van der Waals surface area contributed by atoms with Crippen LogP contribution in [0.15, 0.2) is 23.0 Å². The molecule has 1 aliphatic rings. The lowest BCUT2D eigenvalue weighted by molar-refractivity contribution is -0.132. The highest BCUT2D eigenvalue weighted by Gasteiger charge is 2.21. The number of carbonyl (C=O) groups excluding carboxylic acids is 2. The van der Waals surface area contributed by atoms with Gasteiger partial charge in [-0.25, -0.2) is 4.98 Å². The maximum atomic E-state index is 12.6. The zero-order chi connectivity index (χ0) is 22.2. The number of carbonyl (C=O) groups is 2. The quantitative estimate of drug-likeness (QED) is 0.497. The second-order valence-corrected chi connectivity index (χ2v) is 7.67.